The van der Waals surface area contributed by atoms with Gasteiger partial charge in [-0.25, -0.2) is 4.57 Å². The van der Waals surface area contributed by atoms with Crippen LogP contribution in [0.4, 0.5) is 0 Å². The van der Waals surface area contributed by atoms with Crippen molar-refractivity contribution in [3.63, 3.8) is 0 Å². The minimum atomic E-state index is 0.695. The summed E-state index contributed by atoms with van der Waals surface area (Å²) in [7, 11) is 2.31. The Hall–Kier alpha value is -0.890. The lowest BCUT2D eigenvalue weighted by molar-refractivity contribution is -0.698. The Bertz CT molecular complexity index is 483. The van der Waals surface area contributed by atoms with Gasteiger partial charge in [0.25, 0.3) is 0 Å². The Morgan fingerprint density at radius 3 is 2.82 bits per heavy atom. The molecule has 2 aliphatic rings. The van der Waals surface area contributed by atoms with E-state index in [9.17, 15) is 0 Å². The molecule has 0 spiro atoms. The second kappa shape index (κ2) is 7.59. The quantitative estimate of drug-likeness (QED) is 0.539. The Labute approximate surface area is 136 Å². The Kier molecular flexibility index (Phi) is 5.51. The maximum absolute atomic E-state index is 2.58. The lowest BCUT2D eigenvalue weighted by Gasteiger charge is -2.30. The number of hydrogen-bond acceptors (Lipinski definition) is 1. The number of pyridine rings is 1. The molecule has 0 unspecified atom stereocenters. The number of fused-ring (bicyclic) bond motifs is 3. The van der Waals surface area contributed by atoms with E-state index in [-0.39, 0.29) is 0 Å². The van der Waals surface area contributed by atoms with Crippen LogP contribution in [-0.2, 0) is 13.0 Å². The number of likely N-dealkylation sites (tertiary alicyclic amines) is 1. The van der Waals surface area contributed by atoms with Gasteiger partial charge in [-0.05, 0) is 50.8 Å². The fourth-order valence-corrected chi connectivity index (χ4v) is 4.46. The minimum Gasteiger partial charge on any atom is -0.299 e. The molecule has 2 atom stereocenters. The molecule has 1 aromatic heterocycles. The molecule has 1 fully saturated rings. The van der Waals surface area contributed by atoms with Gasteiger partial charge in [-0.1, -0.05) is 32.6 Å². The van der Waals surface area contributed by atoms with E-state index in [1.54, 1.807) is 11.1 Å². The van der Waals surface area contributed by atoms with Crippen molar-refractivity contribution < 1.29 is 4.57 Å². The van der Waals surface area contributed by atoms with Crippen molar-refractivity contribution in [3.8, 4) is 0 Å². The van der Waals surface area contributed by atoms with E-state index in [1.807, 2.05) is 0 Å². The van der Waals surface area contributed by atoms with Crippen LogP contribution in [-0.4, -0.2) is 18.5 Å². The Morgan fingerprint density at radius 1 is 1.14 bits per heavy atom. The molecular formula is C20H33N2+. The lowest BCUT2D eigenvalue weighted by Crippen LogP contribution is -2.37. The van der Waals surface area contributed by atoms with E-state index in [2.05, 4.69) is 41.9 Å². The predicted octanol–water partition coefficient (Wildman–Crippen LogP) is 4.27. The zero-order chi connectivity index (χ0) is 15.4. The van der Waals surface area contributed by atoms with Crippen LogP contribution in [0.15, 0.2) is 18.5 Å². The van der Waals surface area contributed by atoms with Gasteiger partial charge in [0.05, 0.1) is 0 Å². The van der Waals surface area contributed by atoms with Gasteiger partial charge in [0.1, 0.15) is 6.54 Å². The highest BCUT2D eigenvalue weighted by Gasteiger charge is 2.38. The number of hydrogen-bond donors (Lipinski definition) is 0. The first-order valence-corrected chi connectivity index (χ1v) is 9.51. The zero-order valence-electron chi connectivity index (χ0n) is 14.6. The molecule has 0 amide bonds. The summed E-state index contributed by atoms with van der Waals surface area (Å²) in [6, 6.07) is 3.09. The smallest absolute Gasteiger partial charge is 0.173 e. The second-order valence-corrected chi connectivity index (χ2v) is 7.44. The molecule has 22 heavy (non-hydrogen) atoms. The summed E-state index contributed by atoms with van der Waals surface area (Å²) in [6.07, 6.45) is 17.2. The summed E-state index contributed by atoms with van der Waals surface area (Å²) in [5, 5.41) is 0. The highest BCUT2D eigenvalue weighted by Crippen LogP contribution is 2.43. The van der Waals surface area contributed by atoms with E-state index < -0.39 is 0 Å². The first-order valence-electron chi connectivity index (χ1n) is 9.51. The summed E-state index contributed by atoms with van der Waals surface area (Å²) < 4.78 is 2.45. The minimum absolute atomic E-state index is 0.695. The molecule has 3 rings (SSSR count). The molecule has 1 aliphatic carbocycles. The molecule has 1 aliphatic heterocycles. The fraction of sp³-hybridized carbons (Fsp3) is 0.750. The topological polar surface area (TPSA) is 7.12 Å². The summed E-state index contributed by atoms with van der Waals surface area (Å²) in [5.41, 5.74) is 3.24. The fourth-order valence-electron chi connectivity index (χ4n) is 4.46. The molecule has 0 aromatic carbocycles. The van der Waals surface area contributed by atoms with Crippen molar-refractivity contribution in [2.45, 2.75) is 77.3 Å². The molecule has 2 heterocycles. The van der Waals surface area contributed by atoms with Crippen LogP contribution < -0.4 is 4.57 Å². The van der Waals surface area contributed by atoms with Crippen molar-refractivity contribution in [2.24, 2.45) is 5.92 Å². The lowest BCUT2D eigenvalue weighted by atomic mass is 9.81. The van der Waals surface area contributed by atoms with E-state index in [0.717, 1.165) is 5.92 Å². The van der Waals surface area contributed by atoms with Gasteiger partial charge in [0, 0.05) is 24.1 Å². The van der Waals surface area contributed by atoms with Crippen LogP contribution in [0.3, 0.4) is 0 Å². The third-order valence-corrected chi connectivity index (χ3v) is 5.79. The SMILES string of the molecule is CCCCCCCC[n+]1ccc2c(c1)[C@@H]1[C@H](CC2)CCN1C. The van der Waals surface area contributed by atoms with Gasteiger partial charge >= 0.3 is 0 Å². The van der Waals surface area contributed by atoms with Crippen molar-refractivity contribution in [1.29, 1.82) is 0 Å². The van der Waals surface area contributed by atoms with Crippen LogP contribution in [0.1, 0.15) is 75.5 Å². The Morgan fingerprint density at radius 2 is 1.95 bits per heavy atom. The molecule has 1 saturated heterocycles. The molecule has 0 N–H and O–H groups in total. The monoisotopic (exact) mass is 301 g/mol. The first kappa shape index (κ1) is 16.0. The van der Waals surface area contributed by atoms with Crippen molar-refractivity contribution in [1.82, 2.24) is 4.90 Å². The summed E-state index contributed by atoms with van der Waals surface area (Å²) in [5.74, 6) is 0.905. The molecule has 0 saturated carbocycles. The summed E-state index contributed by atoms with van der Waals surface area (Å²) >= 11 is 0. The normalized spacial score (nSPS) is 24.3. The van der Waals surface area contributed by atoms with Gasteiger partial charge in [0.2, 0.25) is 0 Å². The highest BCUT2D eigenvalue weighted by molar-refractivity contribution is 5.29. The largest absolute Gasteiger partial charge is 0.299 e. The van der Waals surface area contributed by atoms with Crippen LogP contribution >= 0.6 is 0 Å². The van der Waals surface area contributed by atoms with Crippen LogP contribution in [0.25, 0.3) is 0 Å². The van der Waals surface area contributed by atoms with Crippen LogP contribution in [0.5, 0.6) is 0 Å². The average Bonchev–Trinajstić information content (AvgIpc) is 2.92. The molecule has 2 nitrogen and oxygen atoms in total. The number of nitrogens with zero attached hydrogens (tertiary/aromatic N) is 2. The maximum Gasteiger partial charge on any atom is 0.173 e. The third kappa shape index (κ3) is 3.53. The molecular weight excluding hydrogens is 268 g/mol. The van der Waals surface area contributed by atoms with Crippen molar-refractivity contribution >= 4 is 0 Å². The number of aryl methyl sites for hydroxylation is 2. The highest BCUT2D eigenvalue weighted by atomic mass is 15.2. The average molecular weight is 301 g/mol. The Balaban J connectivity index is 1.58. The summed E-state index contributed by atoms with van der Waals surface area (Å²) in [6.45, 7) is 4.76. The first-order chi connectivity index (χ1) is 10.8. The van der Waals surface area contributed by atoms with Gasteiger partial charge < -0.3 is 0 Å². The van der Waals surface area contributed by atoms with Gasteiger partial charge in [0.15, 0.2) is 12.4 Å². The zero-order valence-corrected chi connectivity index (χ0v) is 14.6. The molecule has 0 radical (unpaired) electrons. The van der Waals surface area contributed by atoms with Gasteiger partial charge in [-0.3, -0.25) is 4.90 Å². The number of unbranched alkanes of at least 4 members (excludes halogenated alkanes) is 5. The van der Waals surface area contributed by atoms with Crippen molar-refractivity contribution in [2.75, 3.05) is 13.6 Å². The standard InChI is InChI=1S/C20H33N2/c1-3-4-5-6-7-8-13-22-15-12-17-9-10-18-11-14-21(2)20(18)19(17)16-22/h12,15-16,18,20H,3-11,13-14H2,1-2H3/q+1/t18-,20+/m1/s1. The van der Waals surface area contributed by atoms with E-state index in [0.29, 0.717) is 6.04 Å². The second-order valence-electron chi connectivity index (χ2n) is 7.44. The van der Waals surface area contributed by atoms with E-state index in [1.165, 1.54) is 70.9 Å². The number of aromatic nitrogens is 1. The molecule has 2 heteroatoms. The van der Waals surface area contributed by atoms with Crippen molar-refractivity contribution in [3.05, 3.63) is 29.6 Å². The molecule has 0 bridgehead atoms. The third-order valence-electron chi connectivity index (χ3n) is 5.79. The number of rotatable bonds is 7. The van der Waals surface area contributed by atoms with E-state index in [4.69, 9.17) is 0 Å². The summed E-state index contributed by atoms with van der Waals surface area (Å²) in [4.78, 5) is 2.58. The molecule has 122 valence electrons. The van der Waals surface area contributed by atoms with Crippen LogP contribution in [0.2, 0.25) is 0 Å². The van der Waals surface area contributed by atoms with Gasteiger partial charge in [-0.15, -0.1) is 0 Å². The van der Waals surface area contributed by atoms with Gasteiger partial charge in [-0.2, -0.15) is 0 Å². The maximum atomic E-state index is 2.58. The predicted molar refractivity (Wildman–Crippen MR) is 91.8 cm³/mol. The van der Waals surface area contributed by atoms with Crippen LogP contribution in [0, 0.1) is 5.92 Å². The molecule has 1 aromatic rings. The van der Waals surface area contributed by atoms with E-state index >= 15 is 0 Å².